The second-order valence-electron chi connectivity index (χ2n) is 17.2. The van der Waals surface area contributed by atoms with Gasteiger partial charge in [-0.15, -0.1) is 0 Å². The van der Waals surface area contributed by atoms with E-state index in [4.69, 9.17) is 23.7 Å². The van der Waals surface area contributed by atoms with Gasteiger partial charge in [0.1, 0.15) is 6.10 Å². The van der Waals surface area contributed by atoms with Crippen LogP contribution < -0.4 is 16.0 Å². The first kappa shape index (κ1) is 52.6. The summed E-state index contributed by atoms with van der Waals surface area (Å²) in [4.78, 5) is 62.6. The number of epoxide rings is 1. The Labute approximate surface area is 362 Å². The van der Waals surface area contributed by atoms with E-state index in [2.05, 4.69) is 71.7 Å². The van der Waals surface area contributed by atoms with Gasteiger partial charge in [-0.2, -0.15) is 12.6 Å². The number of esters is 1. The van der Waals surface area contributed by atoms with Crippen molar-refractivity contribution >= 4 is 42.3 Å². The SMILES string of the molecule is CC(C)C[C@H](OC(=O)C(C)(C)CNC(=O)CNC(=O)/C=C/CC[C@H](C)[C@H]1OC1c1ccc(CN(C)CCOCCOCCOCCNC(=O)CCC(C)(C)S)cc1)C(=O)O. The molecule has 1 aliphatic rings. The summed E-state index contributed by atoms with van der Waals surface area (Å²) in [6, 6.07) is 8.50. The molecule has 15 nitrogen and oxygen atoms in total. The fourth-order valence-electron chi connectivity index (χ4n) is 5.87. The van der Waals surface area contributed by atoms with Gasteiger partial charge < -0.3 is 44.7 Å². The van der Waals surface area contributed by atoms with Crippen molar-refractivity contribution in [1.82, 2.24) is 20.9 Å². The lowest BCUT2D eigenvalue weighted by atomic mass is 9.93. The zero-order valence-corrected chi connectivity index (χ0v) is 38.0. The third-order valence-corrected chi connectivity index (χ3v) is 9.94. The Bertz CT molecular complexity index is 1500. The third kappa shape index (κ3) is 23.5. The third-order valence-electron chi connectivity index (χ3n) is 9.71. The normalized spacial score (nSPS) is 16.4. The van der Waals surface area contributed by atoms with Crippen LogP contribution >= 0.6 is 12.6 Å². The number of aliphatic carboxylic acids is 1. The average Bonchev–Trinajstić information content (AvgIpc) is 3.98. The fraction of sp³-hybridized carbons (Fsp3) is 0.705. The minimum atomic E-state index is -1.26. The van der Waals surface area contributed by atoms with E-state index in [-0.39, 0.29) is 54.2 Å². The number of amides is 3. The van der Waals surface area contributed by atoms with Crippen molar-refractivity contribution in [2.24, 2.45) is 17.3 Å². The van der Waals surface area contributed by atoms with E-state index in [0.717, 1.165) is 31.5 Å². The molecule has 1 aliphatic heterocycles. The molecule has 1 aromatic carbocycles. The smallest absolute Gasteiger partial charge is 0.345 e. The van der Waals surface area contributed by atoms with Crippen LogP contribution in [0, 0.1) is 17.3 Å². The van der Waals surface area contributed by atoms with Crippen molar-refractivity contribution in [1.29, 1.82) is 0 Å². The van der Waals surface area contributed by atoms with E-state index in [9.17, 15) is 29.1 Å². The van der Waals surface area contributed by atoms with E-state index >= 15 is 0 Å². The summed E-state index contributed by atoms with van der Waals surface area (Å²) < 4.78 is 27.9. The number of nitrogens with zero attached hydrogens (tertiary/aromatic N) is 1. The molecule has 1 fully saturated rings. The van der Waals surface area contributed by atoms with Crippen LogP contribution in [-0.2, 0) is 54.2 Å². The number of allylic oxidation sites excluding steroid dienone is 1. The van der Waals surface area contributed by atoms with Crippen molar-refractivity contribution < 1.29 is 52.8 Å². The predicted octanol–water partition coefficient (Wildman–Crippen LogP) is 4.49. The molecule has 1 saturated heterocycles. The van der Waals surface area contributed by atoms with Crippen molar-refractivity contribution in [2.45, 2.75) is 110 Å². The summed E-state index contributed by atoms with van der Waals surface area (Å²) in [5.74, 6) is -2.51. The molecule has 60 heavy (non-hydrogen) atoms. The number of hydrogen-bond donors (Lipinski definition) is 5. The molecule has 0 aromatic heterocycles. The minimum Gasteiger partial charge on any atom is -0.479 e. The summed E-state index contributed by atoms with van der Waals surface area (Å²) in [5, 5.41) is 17.3. The Balaban J connectivity index is 1.52. The molecule has 1 heterocycles. The Morgan fingerprint density at radius 1 is 0.900 bits per heavy atom. The molecule has 0 bridgehead atoms. The highest BCUT2D eigenvalue weighted by molar-refractivity contribution is 7.81. The number of rotatable bonds is 32. The topological polar surface area (TPSA) is 194 Å². The molecule has 16 heteroatoms. The minimum absolute atomic E-state index is 0.0118. The number of hydrogen-bond acceptors (Lipinski definition) is 12. The Kier molecular flexibility index (Phi) is 24.0. The van der Waals surface area contributed by atoms with Gasteiger partial charge in [0.2, 0.25) is 17.7 Å². The van der Waals surface area contributed by atoms with Gasteiger partial charge in [-0.25, -0.2) is 4.79 Å². The summed E-state index contributed by atoms with van der Waals surface area (Å²) in [6.07, 6.45) is 4.97. The Hall–Kier alpha value is -3.54. The number of carbonyl (C=O) groups is 5. The van der Waals surface area contributed by atoms with Gasteiger partial charge in [0.25, 0.3) is 0 Å². The lowest BCUT2D eigenvalue weighted by Gasteiger charge is -2.25. The number of carboxylic acid groups (broad SMARTS) is 1. The van der Waals surface area contributed by atoms with Gasteiger partial charge in [0.15, 0.2) is 6.10 Å². The zero-order chi connectivity index (χ0) is 44.7. The predicted molar refractivity (Wildman–Crippen MR) is 232 cm³/mol. The monoisotopic (exact) mass is 864 g/mol. The number of carbonyl (C=O) groups excluding carboxylic acids is 4. The van der Waals surface area contributed by atoms with E-state index < -0.39 is 35.3 Å². The largest absolute Gasteiger partial charge is 0.479 e. The zero-order valence-electron chi connectivity index (χ0n) is 37.1. The molecule has 1 aromatic rings. The standard InChI is InChI=1S/C44H72N4O11S/c1-31(2)27-35(41(52)53)58-42(54)43(4,5)30-47-38(51)28-46-36(49)12-10-9-11-32(3)39-40(59-39)34-15-13-33(14-16-34)29-48(8)20-22-56-24-26-57-25-23-55-21-19-45-37(50)17-18-44(6,7)60/h10,12-16,31-32,35,39-40,60H,9,11,17-30H2,1-8H3,(H,45,50)(H,46,49)(H,47,51)(H,52,53)/b12-10+/t32-,35-,39+,40?/m0/s1. The van der Waals surface area contributed by atoms with Crippen LogP contribution in [0.5, 0.6) is 0 Å². The van der Waals surface area contributed by atoms with Gasteiger partial charge in [0.05, 0.1) is 57.7 Å². The first-order valence-electron chi connectivity index (χ1n) is 21.1. The van der Waals surface area contributed by atoms with Crippen molar-refractivity contribution in [3.05, 3.63) is 47.5 Å². The maximum atomic E-state index is 12.6. The molecule has 4 N–H and O–H groups in total. The fourth-order valence-corrected chi connectivity index (χ4v) is 5.98. The van der Waals surface area contributed by atoms with E-state index in [1.54, 1.807) is 19.9 Å². The molecular formula is C44H72N4O11S. The second kappa shape index (κ2) is 27.4. The van der Waals surface area contributed by atoms with Gasteiger partial charge >= 0.3 is 11.9 Å². The van der Waals surface area contributed by atoms with Gasteiger partial charge in [-0.05, 0) is 75.6 Å². The highest BCUT2D eigenvalue weighted by atomic mass is 32.1. The van der Waals surface area contributed by atoms with Crippen molar-refractivity contribution in [2.75, 3.05) is 72.9 Å². The number of ether oxygens (including phenoxy) is 5. The van der Waals surface area contributed by atoms with Crippen LogP contribution in [0.2, 0.25) is 0 Å². The molecule has 2 rings (SSSR count). The quantitative estimate of drug-likeness (QED) is 0.0225. The molecule has 0 saturated carbocycles. The molecule has 340 valence electrons. The van der Waals surface area contributed by atoms with Crippen molar-refractivity contribution in [3.8, 4) is 0 Å². The lowest BCUT2D eigenvalue weighted by molar-refractivity contribution is -0.171. The molecule has 0 aliphatic carbocycles. The van der Waals surface area contributed by atoms with Crippen LogP contribution in [0.4, 0.5) is 0 Å². The maximum absolute atomic E-state index is 12.6. The van der Waals surface area contributed by atoms with Crippen LogP contribution in [0.1, 0.15) is 97.8 Å². The second-order valence-corrected chi connectivity index (χ2v) is 18.4. The molecule has 0 spiro atoms. The lowest BCUT2D eigenvalue weighted by Crippen LogP contribution is -2.45. The summed E-state index contributed by atoms with van der Waals surface area (Å²) in [6.45, 7) is 17.6. The highest BCUT2D eigenvalue weighted by Crippen LogP contribution is 2.44. The molecule has 4 atom stereocenters. The van der Waals surface area contributed by atoms with E-state index in [1.807, 2.05) is 27.7 Å². The van der Waals surface area contributed by atoms with Crippen LogP contribution in [-0.4, -0.2) is 129 Å². The van der Waals surface area contributed by atoms with Crippen LogP contribution in [0.25, 0.3) is 0 Å². The molecule has 1 unspecified atom stereocenters. The van der Waals surface area contributed by atoms with E-state index in [0.29, 0.717) is 59.0 Å². The van der Waals surface area contributed by atoms with Gasteiger partial charge in [-0.3, -0.25) is 24.1 Å². The van der Waals surface area contributed by atoms with Crippen LogP contribution in [0.3, 0.4) is 0 Å². The summed E-state index contributed by atoms with van der Waals surface area (Å²) in [5.41, 5.74) is 1.19. The highest BCUT2D eigenvalue weighted by Gasteiger charge is 2.43. The average molecular weight is 865 g/mol. The Morgan fingerprint density at radius 2 is 1.53 bits per heavy atom. The molecular weight excluding hydrogens is 793 g/mol. The van der Waals surface area contributed by atoms with Crippen LogP contribution in [0.15, 0.2) is 36.4 Å². The maximum Gasteiger partial charge on any atom is 0.345 e. The Morgan fingerprint density at radius 3 is 2.15 bits per heavy atom. The van der Waals surface area contributed by atoms with Gasteiger partial charge in [0, 0.05) is 37.3 Å². The number of thiol groups is 1. The summed E-state index contributed by atoms with van der Waals surface area (Å²) >= 11 is 4.43. The van der Waals surface area contributed by atoms with Crippen molar-refractivity contribution in [3.63, 3.8) is 0 Å². The summed E-state index contributed by atoms with van der Waals surface area (Å²) in [7, 11) is 2.06. The first-order chi connectivity index (χ1) is 28.3. The van der Waals surface area contributed by atoms with E-state index in [1.165, 1.54) is 11.6 Å². The number of carboxylic acids is 1. The molecule has 3 amide bonds. The van der Waals surface area contributed by atoms with Gasteiger partial charge in [-0.1, -0.05) is 65.0 Å². The number of likely N-dealkylation sites (N-methyl/N-ethyl adjacent to an activating group) is 1. The molecule has 0 radical (unpaired) electrons. The number of nitrogens with one attached hydrogen (secondary N) is 3. The number of benzene rings is 1. The first-order valence-corrected chi connectivity index (χ1v) is 21.5.